The number of nitrogens with zero attached hydrogens (tertiary/aromatic N) is 2. The van der Waals surface area contributed by atoms with Crippen molar-refractivity contribution in [3.05, 3.63) is 46.1 Å². The Morgan fingerprint density at radius 1 is 1.48 bits per heavy atom. The van der Waals surface area contributed by atoms with Crippen LogP contribution in [-0.4, -0.2) is 34.0 Å². The number of hydrogen-bond donors (Lipinski definition) is 1. The smallest absolute Gasteiger partial charge is 0.327 e. The summed E-state index contributed by atoms with van der Waals surface area (Å²) in [7, 11) is 0. The van der Waals surface area contributed by atoms with Gasteiger partial charge in [-0.25, -0.2) is 4.68 Å². The van der Waals surface area contributed by atoms with E-state index < -0.39 is 5.97 Å². The molecule has 1 aliphatic heterocycles. The maximum absolute atomic E-state index is 12.2. The number of thioether (sulfide) groups is 1. The SMILES string of the molecule is CCOC(=O)Cn1nc(C)c2c1NC(=O)CS[C@@H]2c1ccccc1Cl. The first-order chi connectivity index (χ1) is 12.0. The number of benzene rings is 1. The summed E-state index contributed by atoms with van der Waals surface area (Å²) < 4.78 is 6.49. The Hall–Kier alpha value is -1.99. The number of carbonyl (C=O) groups is 2. The summed E-state index contributed by atoms with van der Waals surface area (Å²) in [6, 6.07) is 7.56. The zero-order valence-corrected chi connectivity index (χ0v) is 15.5. The second kappa shape index (κ2) is 7.49. The molecule has 0 spiro atoms. The molecule has 0 bridgehead atoms. The fourth-order valence-electron chi connectivity index (χ4n) is 2.83. The minimum atomic E-state index is -0.395. The highest BCUT2D eigenvalue weighted by molar-refractivity contribution is 8.00. The van der Waals surface area contributed by atoms with Gasteiger partial charge in [0.05, 0.1) is 23.3 Å². The molecule has 1 N–H and O–H groups in total. The molecule has 2 heterocycles. The maximum Gasteiger partial charge on any atom is 0.327 e. The summed E-state index contributed by atoms with van der Waals surface area (Å²) in [5.41, 5.74) is 2.54. The maximum atomic E-state index is 12.2. The molecular weight excluding hydrogens is 362 g/mol. The molecule has 2 aromatic rings. The van der Waals surface area contributed by atoms with Crippen LogP contribution >= 0.6 is 23.4 Å². The van der Waals surface area contributed by atoms with Crippen LogP contribution in [0.4, 0.5) is 5.82 Å². The van der Waals surface area contributed by atoms with Crippen LogP contribution in [0.1, 0.15) is 29.0 Å². The number of amides is 1. The van der Waals surface area contributed by atoms with Gasteiger partial charge in [0, 0.05) is 10.6 Å². The Labute approximate surface area is 154 Å². The van der Waals surface area contributed by atoms with Crippen LogP contribution in [0.3, 0.4) is 0 Å². The van der Waals surface area contributed by atoms with Gasteiger partial charge >= 0.3 is 5.97 Å². The van der Waals surface area contributed by atoms with Crippen LogP contribution in [0, 0.1) is 6.92 Å². The number of ether oxygens (including phenoxy) is 1. The number of anilines is 1. The third-order valence-electron chi connectivity index (χ3n) is 3.85. The normalized spacial score (nSPS) is 16.8. The number of carbonyl (C=O) groups excluding carboxylic acids is 2. The average molecular weight is 380 g/mol. The van der Waals surface area contributed by atoms with E-state index in [1.54, 1.807) is 6.92 Å². The lowest BCUT2D eigenvalue weighted by Crippen LogP contribution is -2.20. The first-order valence-corrected chi connectivity index (χ1v) is 9.32. The molecule has 1 amide bonds. The van der Waals surface area contributed by atoms with E-state index in [1.165, 1.54) is 16.4 Å². The molecule has 1 aliphatic rings. The number of halogens is 1. The lowest BCUT2D eigenvalue weighted by molar-refractivity contribution is -0.144. The van der Waals surface area contributed by atoms with Gasteiger partial charge in [-0.05, 0) is 25.5 Å². The van der Waals surface area contributed by atoms with Gasteiger partial charge in [-0.15, -0.1) is 11.8 Å². The quantitative estimate of drug-likeness (QED) is 0.826. The van der Waals surface area contributed by atoms with E-state index in [-0.39, 0.29) is 17.7 Å². The molecule has 3 rings (SSSR count). The third kappa shape index (κ3) is 3.67. The summed E-state index contributed by atoms with van der Waals surface area (Å²) in [6.07, 6.45) is 0. The highest BCUT2D eigenvalue weighted by Crippen LogP contribution is 2.45. The van der Waals surface area contributed by atoms with E-state index in [1.807, 2.05) is 31.2 Å². The van der Waals surface area contributed by atoms with Crippen molar-refractivity contribution in [3.63, 3.8) is 0 Å². The van der Waals surface area contributed by atoms with Crippen molar-refractivity contribution in [2.24, 2.45) is 0 Å². The van der Waals surface area contributed by atoms with Gasteiger partial charge < -0.3 is 10.1 Å². The summed E-state index contributed by atoms with van der Waals surface area (Å²) >= 11 is 7.87. The molecule has 6 nitrogen and oxygen atoms in total. The number of fused-ring (bicyclic) bond motifs is 1. The second-order valence-corrected chi connectivity index (χ2v) is 7.07. The Morgan fingerprint density at radius 2 is 2.24 bits per heavy atom. The number of esters is 1. The Morgan fingerprint density at radius 3 is 2.96 bits per heavy atom. The van der Waals surface area contributed by atoms with Crippen LogP contribution in [0.15, 0.2) is 24.3 Å². The Balaban J connectivity index is 2.07. The molecule has 0 radical (unpaired) electrons. The molecule has 1 atom stereocenters. The Kier molecular flexibility index (Phi) is 5.34. The van der Waals surface area contributed by atoms with E-state index in [9.17, 15) is 9.59 Å². The Bertz CT molecular complexity index is 821. The molecule has 0 aliphatic carbocycles. The molecule has 0 saturated carbocycles. The lowest BCUT2D eigenvalue weighted by atomic mass is 10.0. The monoisotopic (exact) mass is 379 g/mol. The molecular formula is C17H18ClN3O3S. The topological polar surface area (TPSA) is 73.2 Å². The summed E-state index contributed by atoms with van der Waals surface area (Å²) in [5.74, 6) is 0.299. The minimum absolute atomic E-state index is 0.0514. The molecule has 1 aromatic heterocycles. The highest BCUT2D eigenvalue weighted by atomic mass is 35.5. The molecule has 132 valence electrons. The lowest BCUT2D eigenvalue weighted by Gasteiger charge is -2.16. The fraction of sp³-hybridized carbons (Fsp3) is 0.353. The van der Waals surface area contributed by atoms with Crippen LogP contribution in [0.5, 0.6) is 0 Å². The minimum Gasteiger partial charge on any atom is -0.465 e. The second-order valence-electron chi connectivity index (χ2n) is 5.57. The van der Waals surface area contributed by atoms with Crippen molar-refractivity contribution in [1.82, 2.24) is 9.78 Å². The summed E-state index contributed by atoms with van der Waals surface area (Å²) in [5, 5.41) is 7.81. The molecule has 0 saturated heterocycles. The zero-order chi connectivity index (χ0) is 18.0. The van der Waals surface area contributed by atoms with Gasteiger partial charge in [-0.3, -0.25) is 9.59 Å². The van der Waals surface area contributed by atoms with E-state index in [0.717, 1.165) is 16.8 Å². The molecule has 25 heavy (non-hydrogen) atoms. The molecule has 8 heteroatoms. The molecule has 0 fully saturated rings. The number of aryl methyl sites for hydroxylation is 1. The van der Waals surface area contributed by atoms with Crippen molar-refractivity contribution in [2.75, 3.05) is 17.7 Å². The van der Waals surface area contributed by atoms with Gasteiger partial charge in [-0.2, -0.15) is 5.10 Å². The zero-order valence-electron chi connectivity index (χ0n) is 13.9. The van der Waals surface area contributed by atoms with E-state index in [2.05, 4.69) is 10.4 Å². The van der Waals surface area contributed by atoms with Gasteiger partial charge in [-0.1, -0.05) is 29.8 Å². The third-order valence-corrected chi connectivity index (χ3v) is 5.44. The highest BCUT2D eigenvalue weighted by Gasteiger charge is 2.31. The van der Waals surface area contributed by atoms with E-state index in [0.29, 0.717) is 23.2 Å². The van der Waals surface area contributed by atoms with Crippen molar-refractivity contribution < 1.29 is 14.3 Å². The van der Waals surface area contributed by atoms with E-state index in [4.69, 9.17) is 16.3 Å². The predicted molar refractivity (Wildman–Crippen MR) is 98.0 cm³/mol. The van der Waals surface area contributed by atoms with Crippen molar-refractivity contribution >= 4 is 41.1 Å². The van der Waals surface area contributed by atoms with Crippen LogP contribution < -0.4 is 5.32 Å². The van der Waals surface area contributed by atoms with Crippen molar-refractivity contribution in [2.45, 2.75) is 25.6 Å². The standard InChI is InChI=1S/C17H18ClN3O3S/c1-3-24-14(23)8-21-17-15(10(2)20-21)16(25-9-13(22)19-17)11-6-4-5-7-12(11)18/h4-7,16H,3,8-9H2,1-2H3,(H,19,22)/t16-/m1/s1. The first-order valence-electron chi connectivity index (χ1n) is 7.90. The number of nitrogens with one attached hydrogen (secondary N) is 1. The number of hydrogen-bond acceptors (Lipinski definition) is 5. The van der Waals surface area contributed by atoms with Gasteiger partial charge in [0.25, 0.3) is 0 Å². The summed E-state index contributed by atoms with van der Waals surface area (Å²) in [4.78, 5) is 24.0. The predicted octanol–water partition coefficient (Wildman–Crippen LogP) is 3.18. The van der Waals surface area contributed by atoms with Crippen LogP contribution in [0.2, 0.25) is 5.02 Å². The van der Waals surface area contributed by atoms with Crippen LogP contribution in [0.25, 0.3) is 0 Å². The molecule has 0 unspecified atom stereocenters. The van der Waals surface area contributed by atoms with E-state index >= 15 is 0 Å². The summed E-state index contributed by atoms with van der Waals surface area (Å²) in [6.45, 7) is 3.86. The molecule has 1 aromatic carbocycles. The fourth-order valence-corrected chi connectivity index (χ4v) is 4.36. The first kappa shape index (κ1) is 17.8. The van der Waals surface area contributed by atoms with Crippen LogP contribution in [-0.2, 0) is 20.9 Å². The van der Waals surface area contributed by atoms with Crippen molar-refractivity contribution in [3.8, 4) is 0 Å². The van der Waals surface area contributed by atoms with Gasteiger partial charge in [0.15, 0.2) is 0 Å². The van der Waals surface area contributed by atoms with Crippen molar-refractivity contribution in [1.29, 1.82) is 0 Å². The largest absolute Gasteiger partial charge is 0.465 e. The average Bonchev–Trinajstić information content (AvgIpc) is 2.75. The van der Waals surface area contributed by atoms with Gasteiger partial charge in [0.1, 0.15) is 12.4 Å². The van der Waals surface area contributed by atoms with Gasteiger partial charge in [0.2, 0.25) is 5.91 Å². The number of rotatable bonds is 4. The number of aromatic nitrogens is 2.